The van der Waals surface area contributed by atoms with Crippen LogP contribution in [0.1, 0.15) is 15.2 Å². The molecule has 0 aliphatic carbocycles. The van der Waals surface area contributed by atoms with Crippen LogP contribution in [0, 0.1) is 6.92 Å². The number of hydrogen-bond acceptors (Lipinski definition) is 7. The third kappa shape index (κ3) is 4.22. The second kappa shape index (κ2) is 9.26. The van der Waals surface area contributed by atoms with Crippen molar-refractivity contribution in [1.82, 2.24) is 35.1 Å². The van der Waals surface area contributed by atoms with Gasteiger partial charge in [-0.25, -0.2) is 4.98 Å². The number of carbonyl (C=O) groups is 1. The molecule has 3 N–H and O–H groups in total. The summed E-state index contributed by atoms with van der Waals surface area (Å²) in [5.74, 6) is 0.435. The van der Waals surface area contributed by atoms with E-state index in [0.717, 1.165) is 37.9 Å². The van der Waals surface area contributed by atoms with Crippen LogP contribution in [-0.4, -0.2) is 41.0 Å². The van der Waals surface area contributed by atoms with Gasteiger partial charge in [0, 0.05) is 44.2 Å². The molecule has 0 unspecified atom stereocenters. The van der Waals surface area contributed by atoms with Crippen LogP contribution in [0.2, 0.25) is 0 Å². The Hall–Kier alpha value is -5.22. The van der Waals surface area contributed by atoms with Gasteiger partial charge in [-0.1, -0.05) is 18.2 Å². The van der Waals surface area contributed by atoms with Gasteiger partial charge in [0.2, 0.25) is 0 Å². The number of aromatic nitrogens is 7. The summed E-state index contributed by atoms with van der Waals surface area (Å²) < 4.78 is 0. The van der Waals surface area contributed by atoms with E-state index in [-0.39, 0.29) is 5.91 Å². The molecule has 0 fully saturated rings. The Morgan fingerprint density at radius 1 is 0.923 bits per heavy atom. The summed E-state index contributed by atoms with van der Waals surface area (Å²) >= 11 is 1.71. The highest BCUT2D eigenvalue weighted by molar-refractivity contribution is 7.15. The first-order chi connectivity index (χ1) is 19.1. The number of fused-ring (bicyclic) bond motifs is 2. The maximum Gasteiger partial charge on any atom is 0.255 e. The molecule has 0 spiro atoms. The predicted molar refractivity (Wildman–Crippen MR) is 152 cm³/mol. The second-order valence-electron chi connectivity index (χ2n) is 9.05. The fourth-order valence-corrected chi connectivity index (χ4v) is 5.38. The number of thiophene rings is 1. The molecule has 1 amide bonds. The van der Waals surface area contributed by atoms with Crippen LogP contribution in [0.3, 0.4) is 0 Å². The number of rotatable bonds is 5. The van der Waals surface area contributed by atoms with Crippen molar-refractivity contribution in [3.63, 3.8) is 0 Å². The number of amides is 1. The van der Waals surface area contributed by atoms with Crippen molar-refractivity contribution < 1.29 is 4.79 Å². The quantitative estimate of drug-likeness (QED) is 0.243. The van der Waals surface area contributed by atoms with Gasteiger partial charge in [-0.15, -0.1) is 11.3 Å². The van der Waals surface area contributed by atoms with Gasteiger partial charge in [-0.05, 0) is 43.3 Å². The van der Waals surface area contributed by atoms with Gasteiger partial charge in [0.25, 0.3) is 5.91 Å². The Morgan fingerprint density at radius 2 is 1.79 bits per heavy atom. The predicted octanol–water partition coefficient (Wildman–Crippen LogP) is 6.25. The summed E-state index contributed by atoms with van der Waals surface area (Å²) in [6, 6.07) is 17.0. The van der Waals surface area contributed by atoms with Crippen LogP contribution in [0.4, 0.5) is 5.69 Å². The Bertz CT molecular complexity index is 1990. The van der Waals surface area contributed by atoms with Crippen molar-refractivity contribution in [1.29, 1.82) is 0 Å². The highest BCUT2D eigenvalue weighted by Crippen LogP contribution is 2.34. The molecule has 9 nitrogen and oxygen atoms in total. The number of aryl methyl sites for hydroxylation is 1. The normalized spacial score (nSPS) is 11.3. The van der Waals surface area contributed by atoms with E-state index in [1.54, 1.807) is 48.3 Å². The minimum Gasteiger partial charge on any atom is -0.335 e. The molecule has 0 radical (unpaired) electrons. The lowest BCUT2D eigenvalue weighted by Crippen LogP contribution is -2.11. The molecule has 0 bridgehead atoms. The van der Waals surface area contributed by atoms with E-state index in [0.29, 0.717) is 28.5 Å². The minimum absolute atomic E-state index is 0.202. The monoisotopic (exact) mass is 528 g/mol. The van der Waals surface area contributed by atoms with Crippen LogP contribution >= 0.6 is 11.3 Å². The third-order valence-electron chi connectivity index (χ3n) is 6.40. The standard InChI is InChI=1S/C29H20N8OS/c1-16-7-8-25(39-16)21-13-31-14-24-26(21)35-28(34-24)27-20-10-22(32-15-23(20)36-37-27)18-9-19(12-30-11-18)33-29(38)17-5-3-2-4-6-17/h2-15H,1H3,(H,33,38)(H,34,35)(H,36,37). The Morgan fingerprint density at radius 3 is 2.64 bits per heavy atom. The van der Waals surface area contributed by atoms with Gasteiger partial charge in [-0.2, -0.15) is 5.10 Å². The zero-order chi connectivity index (χ0) is 26.3. The van der Waals surface area contributed by atoms with E-state index >= 15 is 0 Å². The Kier molecular flexibility index (Phi) is 5.45. The first kappa shape index (κ1) is 22.9. The maximum atomic E-state index is 12.6. The molecule has 1 aromatic carbocycles. The molecule has 0 saturated heterocycles. The molecule has 39 heavy (non-hydrogen) atoms. The molecule has 0 aliphatic rings. The number of imidazole rings is 1. The van der Waals surface area contributed by atoms with Gasteiger partial charge in [0.15, 0.2) is 5.82 Å². The molecule has 7 rings (SSSR count). The Labute approximate surface area is 226 Å². The fraction of sp³-hybridized carbons (Fsp3) is 0.0345. The van der Waals surface area contributed by atoms with Gasteiger partial charge < -0.3 is 10.3 Å². The summed E-state index contributed by atoms with van der Waals surface area (Å²) in [4.78, 5) is 36.6. The maximum absolute atomic E-state index is 12.6. The number of nitrogens with zero attached hydrogens (tertiary/aromatic N) is 5. The third-order valence-corrected chi connectivity index (χ3v) is 7.43. The highest BCUT2D eigenvalue weighted by atomic mass is 32.1. The number of aromatic amines is 2. The summed E-state index contributed by atoms with van der Waals surface area (Å²) in [7, 11) is 0. The number of pyridine rings is 3. The first-order valence-corrected chi connectivity index (χ1v) is 13.0. The lowest BCUT2D eigenvalue weighted by molar-refractivity contribution is 0.102. The first-order valence-electron chi connectivity index (χ1n) is 12.2. The van der Waals surface area contributed by atoms with Crippen LogP contribution in [0.5, 0.6) is 0 Å². The number of nitrogens with one attached hydrogen (secondary N) is 3. The number of benzene rings is 1. The van der Waals surface area contributed by atoms with E-state index in [9.17, 15) is 4.79 Å². The van der Waals surface area contributed by atoms with E-state index in [4.69, 9.17) is 4.98 Å². The average molecular weight is 529 g/mol. The smallest absolute Gasteiger partial charge is 0.255 e. The molecule has 0 atom stereocenters. The molecule has 7 aromatic rings. The van der Waals surface area contributed by atoms with Crippen LogP contribution < -0.4 is 5.32 Å². The van der Waals surface area contributed by atoms with Gasteiger partial charge >= 0.3 is 0 Å². The second-order valence-corrected chi connectivity index (χ2v) is 10.3. The summed E-state index contributed by atoms with van der Waals surface area (Å²) in [6.07, 6.45) is 8.69. The van der Waals surface area contributed by atoms with Gasteiger partial charge in [0.05, 0.1) is 41.0 Å². The lowest BCUT2D eigenvalue weighted by Gasteiger charge is -2.07. The van der Waals surface area contributed by atoms with Crippen molar-refractivity contribution in [3.8, 4) is 33.2 Å². The van der Waals surface area contributed by atoms with E-state index in [1.807, 2.05) is 36.5 Å². The number of H-pyrrole nitrogens is 2. The zero-order valence-electron chi connectivity index (χ0n) is 20.6. The average Bonchev–Trinajstić information content (AvgIpc) is 3.71. The molecule has 188 valence electrons. The van der Waals surface area contributed by atoms with E-state index < -0.39 is 0 Å². The minimum atomic E-state index is -0.202. The molecular formula is C29H20N8OS. The van der Waals surface area contributed by atoms with Crippen LogP contribution in [-0.2, 0) is 0 Å². The molecule has 0 aliphatic heterocycles. The topological polar surface area (TPSA) is 125 Å². The summed E-state index contributed by atoms with van der Waals surface area (Å²) in [6.45, 7) is 2.08. The van der Waals surface area contributed by atoms with Crippen LogP contribution in [0.15, 0.2) is 85.6 Å². The van der Waals surface area contributed by atoms with E-state index in [2.05, 4.69) is 54.5 Å². The van der Waals surface area contributed by atoms with Crippen molar-refractivity contribution in [2.24, 2.45) is 0 Å². The zero-order valence-corrected chi connectivity index (χ0v) is 21.5. The SMILES string of the molecule is Cc1ccc(-c2cncc3[nH]c(-c4n[nH]c5cnc(-c6cncc(NC(=O)c7ccccc7)c6)cc45)nc23)s1. The van der Waals surface area contributed by atoms with Crippen molar-refractivity contribution in [3.05, 3.63) is 96.0 Å². The largest absolute Gasteiger partial charge is 0.335 e. The van der Waals surface area contributed by atoms with Crippen molar-refractivity contribution in [2.45, 2.75) is 6.92 Å². The molecule has 6 aromatic heterocycles. The molecule has 10 heteroatoms. The highest BCUT2D eigenvalue weighted by Gasteiger charge is 2.17. The molecule has 6 heterocycles. The van der Waals surface area contributed by atoms with Gasteiger partial charge in [-0.3, -0.25) is 24.8 Å². The fourth-order valence-electron chi connectivity index (χ4n) is 4.50. The van der Waals surface area contributed by atoms with Gasteiger partial charge in [0.1, 0.15) is 11.2 Å². The van der Waals surface area contributed by atoms with Crippen LogP contribution in [0.25, 0.3) is 55.2 Å². The van der Waals surface area contributed by atoms with Crippen molar-refractivity contribution in [2.75, 3.05) is 5.32 Å². The lowest BCUT2D eigenvalue weighted by atomic mass is 10.1. The molecule has 0 saturated carbocycles. The summed E-state index contributed by atoms with van der Waals surface area (Å²) in [5.41, 5.74) is 6.74. The number of carbonyl (C=O) groups excluding carboxylic acids is 1. The summed E-state index contributed by atoms with van der Waals surface area (Å²) in [5, 5.41) is 11.4. The number of hydrogen-bond donors (Lipinski definition) is 3. The van der Waals surface area contributed by atoms with Crippen molar-refractivity contribution >= 4 is 44.9 Å². The van der Waals surface area contributed by atoms with E-state index in [1.165, 1.54) is 4.88 Å². The Balaban J connectivity index is 1.25. The molecular weight excluding hydrogens is 508 g/mol. The number of anilines is 1.